The molecule has 2 aromatic heterocycles. The van der Waals surface area contributed by atoms with Gasteiger partial charge in [0, 0.05) is 34.5 Å². The quantitative estimate of drug-likeness (QED) is 0.490. The fraction of sp³-hybridized carbons (Fsp3) is 0.0500. The van der Waals surface area contributed by atoms with Crippen molar-refractivity contribution in [1.29, 1.82) is 0 Å². The fourth-order valence-corrected chi connectivity index (χ4v) is 3.47. The van der Waals surface area contributed by atoms with Crippen LogP contribution in [0, 0.1) is 0 Å². The molecule has 0 unspecified atom stereocenters. The molecule has 4 aromatic rings. The number of carbonyl (C=O) groups excluding carboxylic acids is 2. The van der Waals surface area contributed by atoms with Gasteiger partial charge in [0.05, 0.1) is 5.69 Å². The number of para-hydroxylation sites is 1. The standard InChI is InChI=1S/C20H16N4O2S/c1-12(25)21-15-8-6-13(7-9-15)18-11-27-20(23-18)24-19(26)17-10-14-4-2-3-5-16(14)22-17/h2-11,22H,1H3,(H,21,25)(H,23,24,26). The summed E-state index contributed by atoms with van der Waals surface area (Å²) in [5, 5.41) is 8.95. The normalized spacial score (nSPS) is 10.7. The highest BCUT2D eigenvalue weighted by molar-refractivity contribution is 7.14. The first-order valence-corrected chi connectivity index (χ1v) is 9.19. The van der Waals surface area contributed by atoms with E-state index in [1.165, 1.54) is 18.3 Å². The molecule has 0 saturated carbocycles. The molecule has 6 nitrogen and oxygen atoms in total. The Bertz CT molecular complexity index is 1100. The lowest BCUT2D eigenvalue weighted by Gasteiger charge is -2.02. The first-order valence-electron chi connectivity index (χ1n) is 8.31. The Balaban J connectivity index is 1.49. The molecule has 0 atom stereocenters. The van der Waals surface area contributed by atoms with Crippen LogP contribution in [0.25, 0.3) is 22.2 Å². The van der Waals surface area contributed by atoms with Crippen LogP contribution in [0.3, 0.4) is 0 Å². The lowest BCUT2D eigenvalue weighted by molar-refractivity contribution is -0.114. The van der Waals surface area contributed by atoms with Gasteiger partial charge < -0.3 is 10.3 Å². The average Bonchev–Trinajstić information content (AvgIpc) is 3.28. The molecule has 3 N–H and O–H groups in total. The second-order valence-corrected chi connectivity index (χ2v) is 6.88. The number of nitrogens with one attached hydrogen (secondary N) is 3. The molecular formula is C20H16N4O2S. The molecule has 0 aliphatic heterocycles. The van der Waals surface area contributed by atoms with Gasteiger partial charge in [-0.1, -0.05) is 30.3 Å². The number of hydrogen-bond donors (Lipinski definition) is 3. The summed E-state index contributed by atoms with van der Waals surface area (Å²) in [4.78, 5) is 31.1. The zero-order chi connectivity index (χ0) is 18.8. The average molecular weight is 376 g/mol. The summed E-state index contributed by atoms with van der Waals surface area (Å²) < 4.78 is 0. The Hall–Kier alpha value is -3.45. The van der Waals surface area contributed by atoms with Crippen LogP contribution in [-0.4, -0.2) is 21.8 Å². The molecule has 2 aromatic carbocycles. The lowest BCUT2D eigenvalue weighted by atomic mass is 10.1. The third-order valence-corrected chi connectivity index (χ3v) is 4.76. The molecular weight excluding hydrogens is 360 g/mol. The molecule has 2 amide bonds. The number of rotatable bonds is 4. The molecule has 0 aliphatic rings. The minimum absolute atomic E-state index is 0.113. The number of H-pyrrole nitrogens is 1. The van der Waals surface area contributed by atoms with E-state index in [4.69, 9.17) is 0 Å². The number of thiazole rings is 1. The van der Waals surface area contributed by atoms with Gasteiger partial charge in [0.15, 0.2) is 5.13 Å². The Labute approximate surface area is 159 Å². The third-order valence-electron chi connectivity index (χ3n) is 4.00. The van der Waals surface area contributed by atoms with Gasteiger partial charge in [0.2, 0.25) is 5.91 Å². The summed E-state index contributed by atoms with van der Waals surface area (Å²) in [7, 11) is 0. The molecule has 7 heteroatoms. The van der Waals surface area contributed by atoms with Gasteiger partial charge in [-0.05, 0) is 24.3 Å². The van der Waals surface area contributed by atoms with Crippen LogP contribution < -0.4 is 10.6 Å². The Morgan fingerprint density at radius 1 is 1.04 bits per heavy atom. The van der Waals surface area contributed by atoms with E-state index in [-0.39, 0.29) is 11.8 Å². The van der Waals surface area contributed by atoms with Crippen molar-refractivity contribution >= 4 is 44.9 Å². The second kappa shape index (κ2) is 7.05. The second-order valence-electron chi connectivity index (χ2n) is 6.02. The summed E-state index contributed by atoms with van der Waals surface area (Å²) in [5.74, 6) is -0.341. The maximum atomic E-state index is 12.5. The first-order chi connectivity index (χ1) is 13.1. The predicted octanol–water partition coefficient (Wildman–Crippen LogP) is 4.50. The SMILES string of the molecule is CC(=O)Nc1ccc(-c2csc(NC(=O)c3cc4ccccc4[nH]3)n2)cc1. The molecule has 0 spiro atoms. The van der Waals surface area contributed by atoms with Crippen molar-refractivity contribution < 1.29 is 9.59 Å². The highest BCUT2D eigenvalue weighted by Crippen LogP contribution is 2.26. The molecule has 0 aliphatic carbocycles. The fourth-order valence-electron chi connectivity index (χ4n) is 2.75. The molecule has 0 radical (unpaired) electrons. The van der Waals surface area contributed by atoms with Crippen LogP contribution in [0.15, 0.2) is 60.0 Å². The number of aromatic nitrogens is 2. The van der Waals surface area contributed by atoms with Crippen molar-refractivity contribution in [2.24, 2.45) is 0 Å². The number of anilines is 2. The summed E-state index contributed by atoms with van der Waals surface area (Å²) in [5.41, 5.74) is 3.82. The van der Waals surface area contributed by atoms with E-state index < -0.39 is 0 Å². The Kier molecular flexibility index (Phi) is 4.43. The minimum atomic E-state index is -0.229. The maximum Gasteiger partial charge on any atom is 0.273 e. The van der Waals surface area contributed by atoms with Gasteiger partial charge in [-0.25, -0.2) is 4.98 Å². The van der Waals surface area contributed by atoms with Crippen LogP contribution in [0.4, 0.5) is 10.8 Å². The van der Waals surface area contributed by atoms with Gasteiger partial charge in [0.25, 0.3) is 5.91 Å². The van der Waals surface area contributed by atoms with Gasteiger partial charge in [-0.15, -0.1) is 11.3 Å². The first kappa shape index (κ1) is 17.0. The van der Waals surface area contributed by atoms with Crippen molar-refractivity contribution in [2.45, 2.75) is 6.92 Å². The van der Waals surface area contributed by atoms with Crippen LogP contribution in [-0.2, 0) is 4.79 Å². The molecule has 0 saturated heterocycles. The van der Waals surface area contributed by atoms with Crippen LogP contribution in [0.1, 0.15) is 17.4 Å². The van der Waals surface area contributed by atoms with E-state index in [1.54, 1.807) is 0 Å². The summed E-state index contributed by atoms with van der Waals surface area (Å²) in [6.07, 6.45) is 0. The van der Waals surface area contributed by atoms with Gasteiger partial charge >= 0.3 is 0 Å². The lowest BCUT2D eigenvalue weighted by Crippen LogP contribution is -2.11. The highest BCUT2D eigenvalue weighted by Gasteiger charge is 2.12. The number of aromatic amines is 1. The summed E-state index contributed by atoms with van der Waals surface area (Å²) >= 11 is 1.36. The number of amides is 2. The highest BCUT2D eigenvalue weighted by atomic mass is 32.1. The number of fused-ring (bicyclic) bond motifs is 1. The Morgan fingerprint density at radius 3 is 2.56 bits per heavy atom. The van der Waals surface area contributed by atoms with Crippen molar-refractivity contribution in [2.75, 3.05) is 10.6 Å². The summed E-state index contributed by atoms with van der Waals surface area (Å²) in [6.45, 7) is 1.47. The van der Waals surface area contributed by atoms with E-state index in [1.807, 2.05) is 60.0 Å². The van der Waals surface area contributed by atoms with Gasteiger partial charge in [-0.2, -0.15) is 0 Å². The molecule has 2 heterocycles. The monoisotopic (exact) mass is 376 g/mol. The summed E-state index contributed by atoms with van der Waals surface area (Å²) in [6, 6.07) is 16.9. The zero-order valence-electron chi connectivity index (χ0n) is 14.4. The van der Waals surface area contributed by atoms with E-state index in [9.17, 15) is 9.59 Å². The topological polar surface area (TPSA) is 86.9 Å². The van der Waals surface area contributed by atoms with Crippen LogP contribution >= 0.6 is 11.3 Å². The third kappa shape index (κ3) is 3.73. The molecule has 27 heavy (non-hydrogen) atoms. The van der Waals surface area contributed by atoms with E-state index in [0.717, 1.165) is 27.8 Å². The van der Waals surface area contributed by atoms with Crippen molar-refractivity contribution in [3.8, 4) is 11.3 Å². The number of carbonyl (C=O) groups is 2. The molecule has 4 rings (SSSR count). The van der Waals surface area contributed by atoms with Crippen molar-refractivity contribution in [1.82, 2.24) is 9.97 Å². The van der Waals surface area contributed by atoms with Gasteiger partial charge in [0.1, 0.15) is 5.69 Å². The number of hydrogen-bond acceptors (Lipinski definition) is 4. The van der Waals surface area contributed by atoms with Crippen LogP contribution in [0.5, 0.6) is 0 Å². The Morgan fingerprint density at radius 2 is 1.81 bits per heavy atom. The van der Waals surface area contributed by atoms with Gasteiger partial charge in [-0.3, -0.25) is 14.9 Å². The number of nitrogens with zero attached hydrogens (tertiary/aromatic N) is 1. The van der Waals surface area contributed by atoms with E-state index in [0.29, 0.717) is 10.8 Å². The van der Waals surface area contributed by atoms with Crippen molar-refractivity contribution in [3.63, 3.8) is 0 Å². The molecule has 0 fully saturated rings. The largest absolute Gasteiger partial charge is 0.351 e. The predicted molar refractivity (Wildman–Crippen MR) is 108 cm³/mol. The van der Waals surface area contributed by atoms with E-state index in [2.05, 4.69) is 20.6 Å². The smallest absolute Gasteiger partial charge is 0.273 e. The van der Waals surface area contributed by atoms with Crippen molar-refractivity contribution in [3.05, 3.63) is 65.7 Å². The minimum Gasteiger partial charge on any atom is -0.351 e. The maximum absolute atomic E-state index is 12.5. The molecule has 0 bridgehead atoms. The van der Waals surface area contributed by atoms with E-state index >= 15 is 0 Å². The number of benzene rings is 2. The molecule has 134 valence electrons. The zero-order valence-corrected chi connectivity index (χ0v) is 15.3. The van der Waals surface area contributed by atoms with Crippen LogP contribution in [0.2, 0.25) is 0 Å².